The molecule has 5 atom stereocenters. The molecule has 4 N–H and O–H groups in total. The molecule has 0 spiro atoms. The number of thioether (sulfide) groups is 1. The molecule has 2 saturated heterocycles. The summed E-state index contributed by atoms with van der Waals surface area (Å²) in [6.45, 7) is 0.792. The third-order valence-corrected chi connectivity index (χ3v) is 9.75. The van der Waals surface area contributed by atoms with Gasteiger partial charge in [-0.2, -0.15) is 13.2 Å². The van der Waals surface area contributed by atoms with Crippen LogP contribution in [0.4, 0.5) is 13.2 Å². The molecule has 36 heavy (non-hydrogen) atoms. The van der Waals surface area contributed by atoms with Crippen LogP contribution in [0.2, 0.25) is 0 Å². The van der Waals surface area contributed by atoms with Crippen molar-refractivity contribution < 1.29 is 13.2 Å². The second-order valence-electron chi connectivity index (χ2n) is 10.8. The Balaban J connectivity index is 1.34. The molecule has 4 aliphatic rings. The first-order valence-corrected chi connectivity index (χ1v) is 14.0. The molecule has 4 heterocycles. The number of nitrogens with zero attached hydrogens (tertiary/aromatic N) is 3. The van der Waals surface area contributed by atoms with Crippen molar-refractivity contribution in [2.45, 2.75) is 68.7 Å². The molecular formula is C24H34F3N7OS. The number of fused-ring (bicyclic) bond motifs is 1. The number of rotatable bonds is 5. The highest BCUT2D eigenvalue weighted by atomic mass is 32.2. The minimum Gasteiger partial charge on any atom is -0.295 e. The Morgan fingerprint density at radius 2 is 1.83 bits per heavy atom. The van der Waals surface area contributed by atoms with E-state index < -0.39 is 11.7 Å². The number of aromatic nitrogens is 2. The average molecular weight is 526 g/mol. The van der Waals surface area contributed by atoms with Crippen LogP contribution in [0, 0.1) is 17.8 Å². The number of pyridine rings is 1. The fourth-order valence-electron chi connectivity index (χ4n) is 6.74. The van der Waals surface area contributed by atoms with Crippen molar-refractivity contribution >= 4 is 17.3 Å². The first-order valence-electron chi connectivity index (χ1n) is 12.9. The second kappa shape index (κ2) is 9.63. The molecule has 0 bridgehead atoms. The molecule has 2 saturated carbocycles. The van der Waals surface area contributed by atoms with Crippen molar-refractivity contribution in [1.82, 2.24) is 35.6 Å². The van der Waals surface area contributed by atoms with Crippen LogP contribution in [0.1, 0.15) is 67.5 Å². The van der Waals surface area contributed by atoms with Crippen LogP contribution in [0.5, 0.6) is 0 Å². The topological polar surface area (TPSA) is 77.8 Å². The summed E-state index contributed by atoms with van der Waals surface area (Å²) in [5.41, 5.74) is 11.9. The Hall–Kier alpha value is -1.57. The number of hydrogen-bond donors (Lipinski definition) is 4. The summed E-state index contributed by atoms with van der Waals surface area (Å²) in [7, 11) is 2.12. The molecule has 4 unspecified atom stereocenters. The van der Waals surface area contributed by atoms with Gasteiger partial charge in [-0.1, -0.05) is 25.7 Å². The molecular weight excluding hydrogens is 491 g/mol. The maximum Gasteiger partial charge on any atom is 0.418 e. The monoisotopic (exact) mass is 525 g/mol. The van der Waals surface area contributed by atoms with Crippen LogP contribution in [-0.2, 0) is 6.18 Å². The average Bonchev–Trinajstić information content (AvgIpc) is 3.56. The number of alkyl halides is 3. The van der Waals surface area contributed by atoms with Gasteiger partial charge >= 0.3 is 11.9 Å². The molecule has 0 radical (unpaired) electrons. The lowest BCUT2D eigenvalue weighted by Crippen LogP contribution is -2.50. The molecule has 0 aromatic carbocycles. The molecule has 198 valence electrons. The van der Waals surface area contributed by atoms with E-state index in [4.69, 9.17) is 0 Å². The Morgan fingerprint density at radius 1 is 1.06 bits per heavy atom. The number of hydrazine groups is 2. The van der Waals surface area contributed by atoms with Crippen molar-refractivity contribution in [3.05, 3.63) is 40.1 Å². The van der Waals surface area contributed by atoms with Gasteiger partial charge in [0.05, 0.1) is 35.2 Å². The highest BCUT2D eigenvalue weighted by Gasteiger charge is 2.44. The van der Waals surface area contributed by atoms with Gasteiger partial charge in [0.2, 0.25) is 0 Å². The minimum absolute atomic E-state index is 0.0636. The largest absolute Gasteiger partial charge is 0.418 e. The van der Waals surface area contributed by atoms with Crippen molar-refractivity contribution in [3.63, 3.8) is 0 Å². The number of hydrogen-bond acceptors (Lipinski definition) is 7. The van der Waals surface area contributed by atoms with Gasteiger partial charge in [0.1, 0.15) is 0 Å². The SMILES string of the molecule is CN1CNNC1[C@H](C1CCC1)C1CCCC(n2cc3c(C(F)(F)F)cc(C4NNCS4)cn3c2=O)C1. The lowest BCUT2D eigenvalue weighted by atomic mass is 9.65. The Labute approximate surface area is 212 Å². The van der Waals surface area contributed by atoms with E-state index in [2.05, 4.69) is 33.7 Å². The summed E-state index contributed by atoms with van der Waals surface area (Å²) in [5.74, 6) is 2.13. The van der Waals surface area contributed by atoms with Gasteiger partial charge in [0.25, 0.3) is 0 Å². The van der Waals surface area contributed by atoms with E-state index in [9.17, 15) is 18.0 Å². The number of nitrogens with one attached hydrogen (secondary N) is 4. The summed E-state index contributed by atoms with van der Waals surface area (Å²) < 4.78 is 45.1. The van der Waals surface area contributed by atoms with E-state index in [0.29, 0.717) is 29.2 Å². The zero-order chi connectivity index (χ0) is 25.0. The number of halogens is 3. The van der Waals surface area contributed by atoms with Crippen LogP contribution >= 0.6 is 11.8 Å². The molecule has 6 rings (SSSR count). The lowest BCUT2D eigenvalue weighted by Gasteiger charge is -2.46. The maximum atomic E-state index is 14.1. The lowest BCUT2D eigenvalue weighted by molar-refractivity contribution is -0.136. The van der Waals surface area contributed by atoms with Crippen LogP contribution in [0.15, 0.2) is 23.3 Å². The van der Waals surface area contributed by atoms with Gasteiger partial charge in [0, 0.05) is 18.4 Å². The van der Waals surface area contributed by atoms with Gasteiger partial charge in [-0.15, -0.1) is 11.8 Å². The maximum absolute atomic E-state index is 14.1. The molecule has 4 fully saturated rings. The van der Waals surface area contributed by atoms with Gasteiger partial charge in [-0.3, -0.25) is 13.9 Å². The highest BCUT2D eigenvalue weighted by Crippen LogP contribution is 2.47. The first-order chi connectivity index (χ1) is 17.3. The Bertz CT molecular complexity index is 1160. The Kier molecular flexibility index (Phi) is 6.62. The van der Waals surface area contributed by atoms with Crippen molar-refractivity contribution in [2.24, 2.45) is 17.8 Å². The molecule has 2 aliphatic carbocycles. The molecule has 8 nitrogen and oxygen atoms in total. The summed E-state index contributed by atoms with van der Waals surface area (Å²) in [5, 5.41) is -0.336. The van der Waals surface area contributed by atoms with Crippen molar-refractivity contribution in [2.75, 3.05) is 19.6 Å². The van der Waals surface area contributed by atoms with Gasteiger partial charge in [-0.25, -0.2) is 26.5 Å². The molecule has 2 aromatic heterocycles. The normalized spacial score (nSPS) is 31.2. The second-order valence-corrected chi connectivity index (χ2v) is 11.9. The molecule has 2 aromatic rings. The summed E-state index contributed by atoms with van der Waals surface area (Å²) in [6.07, 6.45) is 6.15. The molecule has 12 heteroatoms. The van der Waals surface area contributed by atoms with Crippen LogP contribution in [0.25, 0.3) is 5.52 Å². The zero-order valence-corrected chi connectivity index (χ0v) is 21.2. The third-order valence-electron chi connectivity index (χ3n) is 8.71. The number of imidazole rings is 1. The summed E-state index contributed by atoms with van der Waals surface area (Å²) >= 11 is 1.46. The molecule has 0 amide bonds. The van der Waals surface area contributed by atoms with Crippen molar-refractivity contribution in [3.8, 4) is 0 Å². The van der Waals surface area contributed by atoms with E-state index in [1.807, 2.05) is 0 Å². The van der Waals surface area contributed by atoms with Crippen LogP contribution in [-0.4, -0.2) is 39.6 Å². The predicted molar refractivity (Wildman–Crippen MR) is 133 cm³/mol. The summed E-state index contributed by atoms with van der Waals surface area (Å²) in [4.78, 5) is 15.9. The van der Waals surface area contributed by atoms with E-state index in [-0.39, 0.29) is 28.8 Å². The minimum atomic E-state index is -4.55. The van der Waals surface area contributed by atoms with E-state index in [1.54, 1.807) is 10.8 Å². The van der Waals surface area contributed by atoms with Crippen molar-refractivity contribution in [1.29, 1.82) is 0 Å². The van der Waals surface area contributed by atoms with Gasteiger partial charge in [0.15, 0.2) is 0 Å². The predicted octanol–water partition coefficient (Wildman–Crippen LogP) is 3.39. The van der Waals surface area contributed by atoms with E-state index in [1.165, 1.54) is 47.7 Å². The van der Waals surface area contributed by atoms with Gasteiger partial charge < -0.3 is 0 Å². The molecule has 2 aliphatic heterocycles. The van der Waals surface area contributed by atoms with E-state index >= 15 is 0 Å². The van der Waals surface area contributed by atoms with Crippen LogP contribution < -0.4 is 27.4 Å². The van der Waals surface area contributed by atoms with Crippen LogP contribution in [0.3, 0.4) is 0 Å². The third kappa shape index (κ3) is 4.39. The van der Waals surface area contributed by atoms with E-state index in [0.717, 1.165) is 32.4 Å². The quantitative estimate of drug-likeness (QED) is 0.477. The smallest absolute Gasteiger partial charge is 0.295 e. The standard InChI is InChI=1S/C24H34F3N7OS/c1-32-12-28-30-21(32)20(14-4-2-5-14)15-6-3-7-17(8-15)33-11-19-18(24(25,26)27)9-16(10-34(19)23(33)35)22-31-29-13-36-22/h9-11,14-15,17,20-22,28-31H,2-8,12-13H2,1H3/t15?,17?,20-,21?,22?/m1/s1. The van der Waals surface area contributed by atoms with Gasteiger partial charge in [-0.05, 0) is 55.7 Å². The highest BCUT2D eigenvalue weighted by molar-refractivity contribution is 7.99. The summed E-state index contributed by atoms with van der Waals surface area (Å²) in [6, 6.07) is 1.09. The Morgan fingerprint density at radius 3 is 2.47 bits per heavy atom. The fraction of sp³-hybridized carbons (Fsp3) is 0.708. The zero-order valence-electron chi connectivity index (χ0n) is 20.4. The fourth-order valence-corrected chi connectivity index (χ4v) is 7.56. The first kappa shape index (κ1) is 24.7.